The smallest absolute Gasteiger partial charge is 0.00581 e. The summed E-state index contributed by atoms with van der Waals surface area (Å²) in [4.78, 5) is 0. The van der Waals surface area contributed by atoms with Gasteiger partial charge in [-0.25, -0.2) is 0 Å². The topological polar surface area (TPSA) is 23.9 Å². The summed E-state index contributed by atoms with van der Waals surface area (Å²) in [5, 5.41) is 6.89. The molecule has 0 saturated heterocycles. The fourth-order valence-corrected chi connectivity index (χ4v) is 0.375. The second kappa shape index (κ2) is 2.88. The Kier molecular flexibility index (Phi) is 2.73. The van der Waals surface area contributed by atoms with Gasteiger partial charge in [0, 0.05) is 5.71 Å². The zero-order chi connectivity index (χ0) is 4.99. The van der Waals surface area contributed by atoms with E-state index in [0.717, 1.165) is 18.6 Å². The number of hydrogen-bond donors (Lipinski definition) is 1. The molecule has 0 atom stereocenters. The number of nitrogens with one attached hydrogen (secondary N) is 1. The summed E-state index contributed by atoms with van der Waals surface area (Å²) < 4.78 is 0. The van der Waals surface area contributed by atoms with E-state index in [2.05, 4.69) is 6.92 Å². The van der Waals surface area contributed by atoms with Crippen LogP contribution in [-0.2, 0) is 0 Å². The lowest BCUT2D eigenvalue weighted by Crippen LogP contribution is -1.82. The first-order chi connectivity index (χ1) is 2.77. The molecule has 0 heterocycles. The fourth-order valence-electron chi connectivity index (χ4n) is 0.375. The monoisotopic (exact) mass is 85.1 g/mol. The van der Waals surface area contributed by atoms with E-state index in [0.29, 0.717) is 0 Å². The molecule has 36 valence electrons. The zero-order valence-corrected chi connectivity index (χ0v) is 4.41. The second-order valence-electron chi connectivity index (χ2n) is 1.53. The van der Waals surface area contributed by atoms with Gasteiger partial charge in [0.2, 0.25) is 0 Å². The van der Waals surface area contributed by atoms with Crippen LogP contribution in [0, 0.1) is 5.41 Å². The normalized spacial score (nSPS) is 8.33. The predicted molar refractivity (Wildman–Crippen MR) is 28.3 cm³/mol. The molecule has 0 aromatic rings. The Bertz CT molecular complexity index is 47.9. The van der Waals surface area contributed by atoms with Gasteiger partial charge < -0.3 is 5.41 Å². The minimum Gasteiger partial charge on any atom is -0.310 e. The highest BCUT2D eigenvalue weighted by Gasteiger charge is 1.78. The maximum absolute atomic E-state index is 6.89. The Hall–Kier alpha value is -0.330. The largest absolute Gasteiger partial charge is 0.310 e. The van der Waals surface area contributed by atoms with Crippen molar-refractivity contribution in [2.75, 3.05) is 0 Å². The molecule has 0 radical (unpaired) electrons. The molecule has 1 N–H and O–H groups in total. The van der Waals surface area contributed by atoms with Crippen molar-refractivity contribution in [3.05, 3.63) is 0 Å². The van der Waals surface area contributed by atoms with Gasteiger partial charge in [-0.15, -0.1) is 0 Å². The van der Waals surface area contributed by atoms with Crippen LogP contribution in [0.25, 0.3) is 0 Å². The molecule has 0 aromatic heterocycles. The third-order valence-electron chi connectivity index (χ3n) is 0.625. The first-order valence-corrected chi connectivity index (χ1v) is 2.31. The molecular formula is C5H11N. The molecule has 0 saturated carbocycles. The Morgan fingerprint density at radius 1 is 1.67 bits per heavy atom. The van der Waals surface area contributed by atoms with Crippen LogP contribution in [0.1, 0.15) is 26.7 Å². The van der Waals surface area contributed by atoms with Gasteiger partial charge in [-0.3, -0.25) is 0 Å². The van der Waals surface area contributed by atoms with Crippen molar-refractivity contribution in [2.24, 2.45) is 0 Å². The molecule has 0 spiro atoms. The van der Waals surface area contributed by atoms with Gasteiger partial charge in [0.1, 0.15) is 0 Å². The van der Waals surface area contributed by atoms with Gasteiger partial charge in [0.25, 0.3) is 0 Å². The highest BCUT2D eigenvalue weighted by atomic mass is 14.4. The molecule has 0 rings (SSSR count). The first-order valence-electron chi connectivity index (χ1n) is 2.31. The van der Waals surface area contributed by atoms with E-state index in [9.17, 15) is 0 Å². The van der Waals surface area contributed by atoms with Crippen LogP contribution in [0.15, 0.2) is 0 Å². The van der Waals surface area contributed by atoms with Crippen LogP contribution in [0.4, 0.5) is 0 Å². The van der Waals surface area contributed by atoms with Gasteiger partial charge in [0.05, 0.1) is 0 Å². The quantitative estimate of drug-likeness (QED) is 0.494. The number of hydrogen-bond acceptors (Lipinski definition) is 1. The molecule has 1 heteroatoms. The molecule has 0 aliphatic carbocycles. The Labute approximate surface area is 38.9 Å². The highest BCUT2D eigenvalue weighted by Crippen LogP contribution is 1.85. The molecule has 0 fully saturated rings. The Balaban J connectivity index is 2.83. The van der Waals surface area contributed by atoms with Gasteiger partial charge in [-0.1, -0.05) is 13.3 Å². The van der Waals surface area contributed by atoms with E-state index in [1.807, 2.05) is 6.92 Å². The summed E-state index contributed by atoms with van der Waals surface area (Å²) in [5.41, 5.74) is 0.789. The third kappa shape index (κ3) is 3.67. The van der Waals surface area contributed by atoms with Gasteiger partial charge >= 0.3 is 0 Å². The van der Waals surface area contributed by atoms with Crippen molar-refractivity contribution in [1.29, 1.82) is 5.41 Å². The Morgan fingerprint density at radius 3 is 2.17 bits per heavy atom. The van der Waals surface area contributed by atoms with E-state index >= 15 is 0 Å². The van der Waals surface area contributed by atoms with Crippen molar-refractivity contribution < 1.29 is 0 Å². The average molecular weight is 85.1 g/mol. The summed E-state index contributed by atoms with van der Waals surface area (Å²) in [5.74, 6) is 0. The molecule has 0 amide bonds. The second-order valence-corrected chi connectivity index (χ2v) is 1.53. The SMILES string of the molecule is CCCC(C)=N. The van der Waals surface area contributed by atoms with E-state index < -0.39 is 0 Å². The minimum atomic E-state index is 0.789. The van der Waals surface area contributed by atoms with E-state index in [1.165, 1.54) is 0 Å². The summed E-state index contributed by atoms with van der Waals surface area (Å²) in [6.07, 6.45) is 2.06. The van der Waals surface area contributed by atoms with Crippen molar-refractivity contribution in [3.8, 4) is 0 Å². The summed E-state index contributed by atoms with van der Waals surface area (Å²) in [7, 11) is 0. The van der Waals surface area contributed by atoms with Crippen LogP contribution < -0.4 is 0 Å². The maximum Gasteiger partial charge on any atom is 0.00581 e. The van der Waals surface area contributed by atoms with Gasteiger partial charge in [-0.05, 0) is 13.3 Å². The lowest BCUT2D eigenvalue weighted by Gasteiger charge is -1.85. The maximum atomic E-state index is 6.89. The van der Waals surface area contributed by atoms with Crippen LogP contribution >= 0.6 is 0 Å². The summed E-state index contributed by atoms with van der Waals surface area (Å²) >= 11 is 0. The molecule has 1 nitrogen and oxygen atoms in total. The first kappa shape index (κ1) is 5.67. The zero-order valence-electron chi connectivity index (χ0n) is 4.41. The predicted octanol–water partition coefficient (Wildman–Crippen LogP) is 1.83. The van der Waals surface area contributed by atoms with Gasteiger partial charge in [0.15, 0.2) is 0 Å². The lowest BCUT2D eigenvalue weighted by molar-refractivity contribution is 0.981. The fraction of sp³-hybridized carbons (Fsp3) is 0.800. The van der Waals surface area contributed by atoms with E-state index in [1.54, 1.807) is 0 Å². The standard InChI is InChI=1S/C5H11N/c1-3-4-5(2)6/h6H,3-4H2,1-2H3. The molecule has 6 heavy (non-hydrogen) atoms. The highest BCUT2D eigenvalue weighted by molar-refractivity contribution is 5.78. The lowest BCUT2D eigenvalue weighted by atomic mass is 10.2. The van der Waals surface area contributed by atoms with E-state index in [-0.39, 0.29) is 0 Å². The Morgan fingerprint density at radius 2 is 2.17 bits per heavy atom. The summed E-state index contributed by atoms with van der Waals surface area (Å²) in [6, 6.07) is 0. The number of rotatable bonds is 2. The van der Waals surface area contributed by atoms with Crippen LogP contribution in [0.2, 0.25) is 0 Å². The van der Waals surface area contributed by atoms with Crippen molar-refractivity contribution >= 4 is 5.71 Å². The molecule has 0 aliphatic heterocycles. The van der Waals surface area contributed by atoms with Crippen molar-refractivity contribution in [2.45, 2.75) is 26.7 Å². The molecular weight excluding hydrogens is 74.1 g/mol. The minimum absolute atomic E-state index is 0.789. The molecule has 0 aromatic carbocycles. The molecule has 0 unspecified atom stereocenters. The average Bonchev–Trinajstić information content (AvgIpc) is 1.35. The van der Waals surface area contributed by atoms with Crippen molar-refractivity contribution in [1.82, 2.24) is 0 Å². The van der Waals surface area contributed by atoms with Gasteiger partial charge in [-0.2, -0.15) is 0 Å². The molecule has 0 bridgehead atoms. The van der Waals surface area contributed by atoms with Crippen LogP contribution in [-0.4, -0.2) is 5.71 Å². The van der Waals surface area contributed by atoms with E-state index in [4.69, 9.17) is 5.41 Å². The van der Waals surface area contributed by atoms with Crippen molar-refractivity contribution in [3.63, 3.8) is 0 Å². The molecule has 0 aliphatic rings. The van der Waals surface area contributed by atoms with Crippen LogP contribution in [0.3, 0.4) is 0 Å². The van der Waals surface area contributed by atoms with Crippen LogP contribution in [0.5, 0.6) is 0 Å². The summed E-state index contributed by atoms with van der Waals surface area (Å²) in [6.45, 7) is 3.92. The third-order valence-corrected chi connectivity index (χ3v) is 0.625.